The minimum atomic E-state index is -0.909. The molecular formula is C18H22O3. The first-order valence-corrected chi connectivity index (χ1v) is 7.12. The molecule has 0 saturated carbocycles. The second-order valence-electron chi connectivity index (χ2n) is 4.53. The summed E-state index contributed by atoms with van der Waals surface area (Å²) in [4.78, 5) is 11.0. The van der Waals surface area contributed by atoms with Gasteiger partial charge in [0, 0.05) is 0 Å². The second kappa shape index (κ2) is 9.59. The molecule has 0 unspecified atom stereocenters. The predicted molar refractivity (Wildman–Crippen MR) is 86.0 cm³/mol. The van der Waals surface area contributed by atoms with Crippen molar-refractivity contribution >= 4 is 5.97 Å². The van der Waals surface area contributed by atoms with Crippen molar-refractivity contribution in [3.05, 3.63) is 65.8 Å². The largest absolute Gasteiger partial charge is 0.489 e. The first-order valence-electron chi connectivity index (χ1n) is 7.12. The van der Waals surface area contributed by atoms with Crippen LogP contribution < -0.4 is 4.74 Å². The van der Waals surface area contributed by atoms with Gasteiger partial charge in [0.25, 0.3) is 0 Å². The van der Waals surface area contributed by atoms with Gasteiger partial charge in [-0.1, -0.05) is 43.7 Å². The second-order valence-corrected chi connectivity index (χ2v) is 4.53. The molecule has 1 N–H and O–H groups in total. The van der Waals surface area contributed by atoms with Gasteiger partial charge in [-0.2, -0.15) is 0 Å². The summed E-state index contributed by atoms with van der Waals surface area (Å²) in [6.07, 6.45) is 13.4. The maximum absolute atomic E-state index is 11.0. The van der Waals surface area contributed by atoms with E-state index in [1.165, 1.54) is 0 Å². The highest BCUT2D eigenvalue weighted by molar-refractivity contribution is 5.88. The van der Waals surface area contributed by atoms with Crippen molar-refractivity contribution in [1.82, 2.24) is 0 Å². The highest BCUT2D eigenvalue weighted by Crippen LogP contribution is 2.22. The average molecular weight is 286 g/mol. The highest BCUT2D eigenvalue weighted by Gasteiger charge is 2.08. The quantitative estimate of drug-likeness (QED) is 0.720. The lowest BCUT2D eigenvalue weighted by Gasteiger charge is -2.10. The number of hydrogen-bond acceptors (Lipinski definition) is 2. The van der Waals surface area contributed by atoms with Crippen molar-refractivity contribution in [1.29, 1.82) is 0 Å². The van der Waals surface area contributed by atoms with Crippen molar-refractivity contribution in [2.24, 2.45) is 0 Å². The van der Waals surface area contributed by atoms with Crippen LogP contribution in [0.5, 0.6) is 5.75 Å². The van der Waals surface area contributed by atoms with Crippen LogP contribution in [0.4, 0.5) is 0 Å². The Balaban J connectivity index is 2.67. The average Bonchev–Trinajstić information content (AvgIpc) is 2.47. The van der Waals surface area contributed by atoms with Crippen molar-refractivity contribution < 1.29 is 14.6 Å². The van der Waals surface area contributed by atoms with Crippen LogP contribution in [0.15, 0.2) is 54.7 Å². The molecule has 0 atom stereocenters. The van der Waals surface area contributed by atoms with Crippen LogP contribution in [-0.4, -0.2) is 17.7 Å². The minimum absolute atomic E-state index is 0.302. The van der Waals surface area contributed by atoms with E-state index in [-0.39, 0.29) is 0 Å². The molecule has 0 aliphatic rings. The van der Waals surface area contributed by atoms with Gasteiger partial charge in [-0.05, 0) is 43.2 Å². The number of aromatic carboxylic acids is 1. The van der Waals surface area contributed by atoms with E-state index in [9.17, 15) is 4.79 Å². The smallest absolute Gasteiger partial charge is 0.335 e. The van der Waals surface area contributed by atoms with E-state index in [4.69, 9.17) is 9.84 Å². The van der Waals surface area contributed by atoms with Crippen LogP contribution in [0.25, 0.3) is 0 Å². The van der Waals surface area contributed by atoms with E-state index >= 15 is 0 Å². The molecule has 3 nitrogen and oxygen atoms in total. The number of hydrogen-bond donors (Lipinski definition) is 1. The molecule has 0 aliphatic heterocycles. The van der Waals surface area contributed by atoms with Crippen LogP contribution in [0, 0.1) is 0 Å². The van der Waals surface area contributed by atoms with Crippen LogP contribution in [-0.2, 0) is 6.42 Å². The Bertz CT molecular complexity index is 539. The van der Waals surface area contributed by atoms with E-state index in [2.05, 4.69) is 6.92 Å². The molecule has 21 heavy (non-hydrogen) atoms. The molecule has 1 rings (SSSR count). The van der Waals surface area contributed by atoms with E-state index in [0.29, 0.717) is 12.2 Å². The maximum Gasteiger partial charge on any atom is 0.335 e. The van der Waals surface area contributed by atoms with Gasteiger partial charge in [-0.15, -0.1) is 0 Å². The van der Waals surface area contributed by atoms with Crippen LogP contribution in [0.1, 0.15) is 36.2 Å². The van der Waals surface area contributed by atoms with Gasteiger partial charge in [-0.3, -0.25) is 0 Å². The van der Waals surface area contributed by atoms with Gasteiger partial charge in [0.2, 0.25) is 0 Å². The Morgan fingerprint density at radius 3 is 2.67 bits per heavy atom. The molecule has 0 aromatic heterocycles. The zero-order valence-electron chi connectivity index (χ0n) is 12.6. The lowest BCUT2D eigenvalue weighted by Crippen LogP contribution is -2.02. The molecule has 0 bridgehead atoms. The summed E-state index contributed by atoms with van der Waals surface area (Å²) in [5.74, 6) is -0.156. The summed E-state index contributed by atoms with van der Waals surface area (Å²) >= 11 is 0. The van der Waals surface area contributed by atoms with Crippen LogP contribution in [0.3, 0.4) is 0 Å². The summed E-state index contributed by atoms with van der Waals surface area (Å²) < 4.78 is 5.70. The number of allylic oxidation sites excluding steroid dienone is 5. The topological polar surface area (TPSA) is 46.5 Å². The molecule has 3 heteroatoms. The predicted octanol–water partition coefficient (Wildman–Crippen LogP) is 4.40. The standard InChI is InChI=1S/C18H22O3/c1-3-5-6-7-8-9-13-21-17-12-11-16(18(19)20)14-15(17)10-4-2/h3,5-9,11-12,14H,4,10,13H2,1-2H3,(H,19,20)/b5-3-,7-6-,9-8+. The first-order chi connectivity index (χ1) is 10.2. The summed E-state index contributed by atoms with van der Waals surface area (Å²) in [6.45, 7) is 4.49. The molecular weight excluding hydrogens is 264 g/mol. The SMILES string of the molecule is C\C=C/C=C\C=C\COc1ccc(C(=O)O)cc1CCC. The molecule has 0 saturated heterocycles. The zero-order valence-corrected chi connectivity index (χ0v) is 12.6. The first kappa shape index (κ1) is 16.8. The molecule has 1 aromatic rings. The Hall–Kier alpha value is -2.29. The summed E-state index contributed by atoms with van der Waals surface area (Å²) in [7, 11) is 0. The fraction of sp³-hybridized carbons (Fsp3) is 0.278. The maximum atomic E-state index is 11.0. The number of carbonyl (C=O) groups is 1. The lowest BCUT2D eigenvalue weighted by atomic mass is 10.1. The third-order valence-corrected chi connectivity index (χ3v) is 2.82. The molecule has 0 heterocycles. The number of ether oxygens (including phenoxy) is 1. The van der Waals surface area contributed by atoms with Gasteiger partial charge in [0.05, 0.1) is 5.56 Å². The van der Waals surface area contributed by atoms with Gasteiger partial charge in [-0.25, -0.2) is 4.79 Å². The van der Waals surface area contributed by atoms with E-state index < -0.39 is 5.97 Å². The van der Waals surface area contributed by atoms with Crippen molar-refractivity contribution in [2.75, 3.05) is 6.61 Å². The Kier molecular flexibility index (Phi) is 7.65. The number of aryl methyl sites for hydroxylation is 1. The van der Waals surface area contributed by atoms with E-state index in [1.54, 1.807) is 18.2 Å². The number of carboxylic acids is 1. The van der Waals surface area contributed by atoms with E-state index in [1.807, 2.05) is 43.4 Å². The fourth-order valence-electron chi connectivity index (χ4n) is 1.83. The number of benzene rings is 1. The molecule has 0 fully saturated rings. The van der Waals surface area contributed by atoms with Crippen molar-refractivity contribution in [2.45, 2.75) is 26.7 Å². The summed E-state index contributed by atoms with van der Waals surface area (Å²) in [5.41, 5.74) is 1.24. The summed E-state index contributed by atoms with van der Waals surface area (Å²) in [5, 5.41) is 9.02. The molecule has 0 radical (unpaired) electrons. The molecule has 112 valence electrons. The Morgan fingerprint density at radius 2 is 2.00 bits per heavy atom. The minimum Gasteiger partial charge on any atom is -0.489 e. The lowest BCUT2D eigenvalue weighted by molar-refractivity contribution is 0.0696. The van der Waals surface area contributed by atoms with Crippen LogP contribution >= 0.6 is 0 Å². The Morgan fingerprint density at radius 1 is 1.24 bits per heavy atom. The van der Waals surface area contributed by atoms with Gasteiger partial charge < -0.3 is 9.84 Å². The summed E-state index contributed by atoms with van der Waals surface area (Å²) in [6, 6.07) is 5.00. The number of carboxylic acid groups (broad SMARTS) is 1. The van der Waals surface area contributed by atoms with Crippen molar-refractivity contribution in [3.8, 4) is 5.75 Å². The highest BCUT2D eigenvalue weighted by atomic mass is 16.5. The normalized spacial score (nSPS) is 11.7. The van der Waals surface area contributed by atoms with Crippen LogP contribution in [0.2, 0.25) is 0 Å². The van der Waals surface area contributed by atoms with E-state index in [0.717, 1.165) is 24.2 Å². The number of rotatable bonds is 8. The zero-order chi connectivity index (χ0) is 15.5. The molecule has 0 spiro atoms. The third-order valence-electron chi connectivity index (χ3n) is 2.82. The van der Waals surface area contributed by atoms with Crippen molar-refractivity contribution in [3.63, 3.8) is 0 Å². The van der Waals surface area contributed by atoms with Gasteiger partial charge >= 0.3 is 5.97 Å². The Labute approximate surface area is 126 Å². The third kappa shape index (κ3) is 6.13. The van der Waals surface area contributed by atoms with Gasteiger partial charge in [0.1, 0.15) is 12.4 Å². The van der Waals surface area contributed by atoms with Gasteiger partial charge in [0.15, 0.2) is 0 Å². The monoisotopic (exact) mass is 286 g/mol. The fourth-order valence-corrected chi connectivity index (χ4v) is 1.83. The molecule has 0 aliphatic carbocycles. The molecule has 0 amide bonds. The molecule has 1 aromatic carbocycles.